The summed E-state index contributed by atoms with van der Waals surface area (Å²) in [5.41, 5.74) is 3.40. The van der Waals surface area contributed by atoms with Crippen molar-refractivity contribution in [2.45, 2.75) is 26.3 Å². The van der Waals surface area contributed by atoms with E-state index in [4.69, 9.17) is 15.7 Å². The summed E-state index contributed by atoms with van der Waals surface area (Å²) in [6.45, 7) is 13.5. The highest BCUT2D eigenvalue weighted by atomic mass is 32.1. The van der Waals surface area contributed by atoms with Crippen molar-refractivity contribution in [3.8, 4) is 22.8 Å². The highest BCUT2D eigenvalue weighted by molar-refractivity contribution is 7.19. The van der Waals surface area contributed by atoms with Crippen molar-refractivity contribution < 1.29 is 13.7 Å². The molecular weight excluding hydrogens is 346 g/mol. The maximum absolute atomic E-state index is 7.60. The van der Waals surface area contributed by atoms with Gasteiger partial charge in [-0.1, -0.05) is 11.3 Å². The molecule has 1 aliphatic heterocycles. The molecule has 0 spiro atoms. The molecule has 0 bridgehead atoms. The Labute approximate surface area is 154 Å². The highest BCUT2D eigenvalue weighted by Crippen LogP contribution is 2.54. The molecule has 0 N–H and O–H groups in total. The van der Waals surface area contributed by atoms with Crippen molar-refractivity contribution in [2.75, 3.05) is 0 Å². The Morgan fingerprint density at radius 2 is 2.15 bits per heavy atom. The minimum atomic E-state index is -0.669. The SMILES string of the molecule is [C-]#[N+]C(C)(C)c1sc2nc[n+](C)c3c2c1Oc1cc2occc2c(C)c1-3. The average molecular weight is 362 g/mol. The molecule has 0 atom stereocenters. The van der Waals surface area contributed by atoms with E-state index in [-0.39, 0.29) is 0 Å². The third-order valence-electron chi connectivity index (χ3n) is 5.05. The molecule has 1 aliphatic rings. The number of furan rings is 1. The Morgan fingerprint density at radius 3 is 2.92 bits per heavy atom. The van der Waals surface area contributed by atoms with E-state index in [1.807, 2.05) is 43.9 Å². The first-order valence-electron chi connectivity index (χ1n) is 8.31. The molecule has 0 radical (unpaired) electrons. The van der Waals surface area contributed by atoms with Crippen molar-refractivity contribution in [3.05, 3.63) is 46.6 Å². The van der Waals surface area contributed by atoms with Crippen molar-refractivity contribution in [1.82, 2.24) is 4.98 Å². The standard InChI is InChI=1S/C20H16N3O2S/c1-10-11-6-7-24-12(11)8-13-14(10)16-15-17(25-13)18(20(2,3)21-4)26-19(15)22-9-23(16)5/h6-9H,1-3,5H3/q+1. The van der Waals surface area contributed by atoms with Gasteiger partial charge in [0.05, 0.1) is 18.9 Å². The fourth-order valence-electron chi connectivity index (χ4n) is 3.67. The van der Waals surface area contributed by atoms with Crippen molar-refractivity contribution in [1.29, 1.82) is 0 Å². The number of thiophene rings is 1. The van der Waals surface area contributed by atoms with Crippen molar-refractivity contribution in [2.24, 2.45) is 7.05 Å². The lowest BCUT2D eigenvalue weighted by atomic mass is 9.95. The lowest BCUT2D eigenvalue weighted by Crippen LogP contribution is -2.32. The van der Waals surface area contributed by atoms with E-state index in [0.29, 0.717) is 0 Å². The van der Waals surface area contributed by atoms with Crippen LogP contribution in [0.5, 0.6) is 11.5 Å². The molecule has 3 aromatic heterocycles. The zero-order valence-corrected chi connectivity index (χ0v) is 15.7. The predicted molar refractivity (Wildman–Crippen MR) is 100 cm³/mol. The van der Waals surface area contributed by atoms with E-state index in [0.717, 1.165) is 54.4 Å². The summed E-state index contributed by atoms with van der Waals surface area (Å²) in [7, 11) is 2.00. The van der Waals surface area contributed by atoms with Crippen LogP contribution in [0.1, 0.15) is 24.3 Å². The number of hydrogen-bond acceptors (Lipinski definition) is 4. The van der Waals surface area contributed by atoms with Gasteiger partial charge in [-0.2, -0.15) is 0 Å². The summed E-state index contributed by atoms with van der Waals surface area (Å²) >= 11 is 1.54. The molecule has 0 aliphatic carbocycles. The van der Waals surface area contributed by atoms with Gasteiger partial charge in [0.25, 0.3) is 11.9 Å². The van der Waals surface area contributed by atoms with E-state index in [9.17, 15) is 0 Å². The lowest BCUT2D eigenvalue weighted by Gasteiger charge is -2.21. The summed E-state index contributed by atoms with van der Waals surface area (Å²) in [6.07, 6.45) is 3.54. The predicted octanol–water partition coefficient (Wildman–Crippen LogP) is 5.10. The largest absolute Gasteiger partial charge is 0.464 e. The van der Waals surface area contributed by atoms with Crippen molar-refractivity contribution >= 4 is 32.5 Å². The average Bonchev–Trinajstić information content (AvgIpc) is 3.23. The Bertz CT molecular complexity index is 1270. The molecule has 4 heterocycles. The normalized spacial score (nSPS) is 12.9. The van der Waals surface area contributed by atoms with E-state index in [1.165, 1.54) is 11.3 Å². The van der Waals surface area contributed by atoms with E-state index >= 15 is 0 Å². The van der Waals surface area contributed by atoms with Gasteiger partial charge < -0.3 is 14.0 Å². The van der Waals surface area contributed by atoms with Crippen LogP contribution in [-0.2, 0) is 12.6 Å². The Balaban J connectivity index is 1.97. The van der Waals surface area contributed by atoms with E-state index in [1.54, 1.807) is 6.26 Å². The van der Waals surface area contributed by atoms with Crippen LogP contribution in [0.2, 0.25) is 0 Å². The fraction of sp³-hybridized carbons (Fsp3) is 0.250. The molecule has 0 unspecified atom stereocenters. The first-order chi connectivity index (χ1) is 12.4. The number of ether oxygens (including phenoxy) is 1. The third-order valence-corrected chi connectivity index (χ3v) is 6.44. The molecule has 0 saturated heterocycles. The Kier molecular flexibility index (Phi) is 2.85. The maximum Gasteiger partial charge on any atom is 0.288 e. The fourth-order valence-corrected chi connectivity index (χ4v) is 4.78. The molecule has 6 heteroatoms. The lowest BCUT2D eigenvalue weighted by molar-refractivity contribution is -0.662. The number of aryl methyl sites for hydroxylation is 2. The van der Waals surface area contributed by atoms with Crippen LogP contribution in [0.3, 0.4) is 0 Å². The summed E-state index contributed by atoms with van der Waals surface area (Å²) in [5.74, 6) is 1.52. The van der Waals surface area contributed by atoms with Gasteiger partial charge >= 0.3 is 0 Å². The number of nitrogens with zero attached hydrogens (tertiary/aromatic N) is 3. The molecule has 0 fully saturated rings. The summed E-state index contributed by atoms with van der Waals surface area (Å²) < 4.78 is 14.0. The van der Waals surface area contributed by atoms with Crippen LogP contribution < -0.4 is 9.30 Å². The molecule has 4 aromatic rings. The second-order valence-electron chi connectivity index (χ2n) is 7.12. The van der Waals surface area contributed by atoms with Gasteiger partial charge in [0.2, 0.25) is 4.83 Å². The van der Waals surface area contributed by atoms with Gasteiger partial charge in [-0.15, -0.1) is 0 Å². The molecule has 128 valence electrons. The number of fused-ring (bicyclic) bond motifs is 3. The van der Waals surface area contributed by atoms with Gasteiger partial charge in [0.1, 0.15) is 21.6 Å². The second-order valence-corrected chi connectivity index (χ2v) is 8.12. The molecule has 5 rings (SSSR count). The molecule has 0 amide bonds. The highest BCUT2D eigenvalue weighted by Gasteiger charge is 2.41. The second kappa shape index (κ2) is 4.83. The molecular formula is C20H16N3O2S+. The summed E-state index contributed by atoms with van der Waals surface area (Å²) in [4.78, 5) is 10.2. The van der Waals surface area contributed by atoms with Crippen LogP contribution in [0.15, 0.2) is 29.1 Å². The van der Waals surface area contributed by atoms with Gasteiger partial charge in [-0.25, -0.2) is 11.1 Å². The zero-order chi connectivity index (χ0) is 18.2. The maximum atomic E-state index is 7.60. The molecule has 26 heavy (non-hydrogen) atoms. The smallest absolute Gasteiger partial charge is 0.288 e. The topological polar surface area (TPSA) is 43.5 Å². The molecule has 1 aromatic carbocycles. The molecule has 5 nitrogen and oxygen atoms in total. The minimum absolute atomic E-state index is 0.669. The number of aromatic nitrogens is 2. The zero-order valence-electron chi connectivity index (χ0n) is 14.9. The van der Waals surface area contributed by atoms with E-state index < -0.39 is 5.54 Å². The third kappa shape index (κ3) is 1.78. The Hall–Kier alpha value is -2.91. The first-order valence-corrected chi connectivity index (χ1v) is 9.13. The monoisotopic (exact) mass is 362 g/mol. The van der Waals surface area contributed by atoms with Crippen molar-refractivity contribution in [3.63, 3.8) is 0 Å². The number of hydrogen-bond donors (Lipinski definition) is 0. The van der Waals surface area contributed by atoms with Crippen LogP contribution >= 0.6 is 11.3 Å². The van der Waals surface area contributed by atoms with Crippen LogP contribution in [0.25, 0.3) is 37.3 Å². The molecule has 0 saturated carbocycles. The first kappa shape index (κ1) is 15.4. The number of rotatable bonds is 1. The summed E-state index contributed by atoms with van der Waals surface area (Å²) in [5, 5.41) is 2.07. The quantitative estimate of drug-likeness (QED) is 0.308. The van der Waals surface area contributed by atoms with Gasteiger partial charge in [0.15, 0.2) is 11.4 Å². The number of benzene rings is 1. The minimum Gasteiger partial charge on any atom is -0.464 e. The van der Waals surface area contributed by atoms with Crippen LogP contribution in [0.4, 0.5) is 0 Å². The summed E-state index contributed by atoms with van der Waals surface area (Å²) in [6, 6.07) is 3.93. The van der Waals surface area contributed by atoms with Gasteiger partial charge in [-0.3, -0.25) is 0 Å². The van der Waals surface area contributed by atoms with E-state index in [2.05, 4.69) is 16.8 Å². The Morgan fingerprint density at radius 1 is 1.35 bits per heavy atom. The van der Waals surface area contributed by atoms with Gasteiger partial charge in [-0.05, 0) is 23.5 Å². The van der Waals surface area contributed by atoms with Crippen LogP contribution in [-0.4, -0.2) is 4.98 Å². The van der Waals surface area contributed by atoms with Crippen LogP contribution in [0, 0.1) is 13.5 Å². The van der Waals surface area contributed by atoms with Gasteiger partial charge in [0, 0.05) is 25.3 Å².